The van der Waals surface area contributed by atoms with Crippen LogP contribution in [-0.2, 0) is 12.8 Å². The van der Waals surface area contributed by atoms with Gasteiger partial charge in [0.1, 0.15) is 11.5 Å². The Morgan fingerprint density at radius 3 is 2.76 bits per heavy atom. The van der Waals surface area contributed by atoms with E-state index >= 15 is 0 Å². The minimum atomic E-state index is -0.189. The van der Waals surface area contributed by atoms with Gasteiger partial charge in [-0.05, 0) is 54.7 Å². The minimum Gasteiger partial charge on any atom is -0.456 e. The van der Waals surface area contributed by atoms with E-state index in [-0.39, 0.29) is 5.91 Å². The summed E-state index contributed by atoms with van der Waals surface area (Å²) in [5, 5.41) is 2.61. The number of carbonyl (C=O) groups excluding carboxylic acids is 1. The van der Waals surface area contributed by atoms with E-state index in [2.05, 4.69) is 17.4 Å². The maximum absolute atomic E-state index is 11.9. The number of nitrogens with one attached hydrogen (secondary N) is 1. The molecule has 0 heterocycles. The molecule has 2 aromatic rings. The summed E-state index contributed by atoms with van der Waals surface area (Å²) in [6.07, 6.45) is 3.42. The molecule has 0 saturated heterocycles. The molecule has 0 saturated carbocycles. The molecule has 0 atom stereocenters. The third-order valence-electron chi connectivity index (χ3n) is 3.78. The predicted octanol–water partition coefficient (Wildman–Crippen LogP) is 2.91. The lowest BCUT2D eigenvalue weighted by atomic mass is 10.1. The molecular weight excluding hydrogens is 264 g/mol. The van der Waals surface area contributed by atoms with Crippen LogP contribution in [0.25, 0.3) is 0 Å². The molecule has 108 valence electrons. The Hall–Kier alpha value is -2.49. The molecule has 0 radical (unpaired) electrons. The van der Waals surface area contributed by atoms with Crippen LogP contribution < -0.4 is 15.8 Å². The van der Waals surface area contributed by atoms with Crippen molar-refractivity contribution in [3.63, 3.8) is 0 Å². The second-order valence-electron chi connectivity index (χ2n) is 5.22. The summed E-state index contributed by atoms with van der Waals surface area (Å²) in [5.74, 6) is 1.03. The molecule has 3 N–H and O–H groups in total. The van der Waals surface area contributed by atoms with Crippen molar-refractivity contribution in [3.8, 4) is 11.5 Å². The van der Waals surface area contributed by atoms with Gasteiger partial charge in [-0.2, -0.15) is 0 Å². The summed E-state index contributed by atoms with van der Waals surface area (Å²) in [6, 6.07) is 11.2. The third-order valence-corrected chi connectivity index (χ3v) is 3.78. The van der Waals surface area contributed by atoms with E-state index in [9.17, 15) is 4.79 Å². The van der Waals surface area contributed by atoms with E-state index in [1.165, 1.54) is 17.5 Å². The standard InChI is InChI=1S/C17H18N2O2/c1-19-17(20)15-8-6-13(18)10-16(15)21-14-7-5-11-3-2-4-12(11)9-14/h5-10H,2-4,18H2,1H3,(H,19,20). The molecule has 0 aliphatic heterocycles. The lowest BCUT2D eigenvalue weighted by molar-refractivity contribution is 0.0961. The van der Waals surface area contributed by atoms with Gasteiger partial charge in [0.2, 0.25) is 0 Å². The molecule has 21 heavy (non-hydrogen) atoms. The monoisotopic (exact) mass is 282 g/mol. The Labute approximate surface area is 123 Å². The average Bonchev–Trinajstić information content (AvgIpc) is 2.94. The normalized spacial score (nSPS) is 12.8. The first-order chi connectivity index (χ1) is 10.2. The minimum absolute atomic E-state index is 0.189. The molecule has 4 heteroatoms. The predicted molar refractivity (Wildman–Crippen MR) is 82.8 cm³/mol. The van der Waals surface area contributed by atoms with Crippen molar-refractivity contribution < 1.29 is 9.53 Å². The molecular formula is C17H18N2O2. The molecule has 1 amide bonds. The van der Waals surface area contributed by atoms with Gasteiger partial charge in [-0.25, -0.2) is 0 Å². The fourth-order valence-corrected chi connectivity index (χ4v) is 2.68. The van der Waals surface area contributed by atoms with Crippen LogP contribution in [0.4, 0.5) is 5.69 Å². The van der Waals surface area contributed by atoms with Crippen LogP contribution >= 0.6 is 0 Å². The van der Waals surface area contributed by atoms with Gasteiger partial charge >= 0.3 is 0 Å². The van der Waals surface area contributed by atoms with Crippen molar-refractivity contribution in [3.05, 3.63) is 53.1 Å². The maximum Gasteiger partial charge on any atom is 0.254 e. The van der Waals surface area contributed by atoms with E-state index in [0.717, 1.165) is 18.6 Å². The van der Waals surface area contributed by atoms with Crippen LogP contribution in [0.2, 0.25) is 0 Å². The van der Waals surface area contributed by atoms with Crippen molar-refractivity contribution in [2.75, 3.05) is 12.8 Å². The first-order valence-electron chi connectivity index (χ1n) is 7.08. The Morgan fingerprint density at radius 1 is 1.14 bits per heavy atom. The number of hydrogen-bond donors (Lipinski definition) is 2. The van der Waals surface area contributed by atoms with Crippen LogP contribution in [0.15, 0.2) is 36.4 Å². The van der Waals surface area contributed by atoms with Gasteiger partial charge in [0.05, 0.1) is 5.56 Å². The highest BCUT2D eigenvalue weighted by Crippen LogP contribution is 2.31. The lowest BCUT2D eigenvalue weighted by Gasteiger charge is -2.12. The van der Waals surface area contributed by atoms with Crippen LogP contribution in [-0.4, -0.2) is 13.0 Å². The van der Waals surface area contributed by atoms with E-state index in [1.807, 2.05) is 6.07 Å². The SMILES string of the molecule is CNC(=O)c1ccc(N)cc1Oc1ccc2c(c1)CCC2. The number of ether oxygens (including phenoxy) is 1. The van der Waals surface area contributed by atoms with E-state index in [0.29, 0.717) is 17.0 Å². The van der Waals surface area contributed by atoms with Crippen LogP contribution in [0, 0.1) is 0 Å². The van der Waals surface area contributed by atoms with E-state index < -0.39 is 0 Å². The van der Waals surface area contributed by atoms with Gasteiger partial charge in [-0.1, -0.05) is 6.07 Å². The Balaban J connectivity index is 1.94. The number of amides is 1. The first-order valence-corrected chi connectivity index (χ1v) is 7.08. The molecule has 1 aliphatic carbocycles. The number of fused-ring (bicyclic) bond motifs is 1. The van der Waals surface area contributed by atoms with Crippen molar-refractivity contribution >= 4 is 11.6 Å². The number of nitrogen functional groups attached to an aromatic ring is 1. The van der Waals surface area contributed by atoms with E-state index in [1.54, 1.807) is 25.2 Å². The summed E-state index contributed by atoms with van der Waals surface area (Å²) in [4.78, 5) is 11.9. The number of nitrogens with two attached hydrogens (primary N) is 1. The number of hydrogen-bond acceptors (Lipinski definition) is 3. The number of aryl methyl sites for hydroxylation is 2. The molecule has 0 unspecified atom stereocenters. The van der Waals surface area contributed by atoms with Crippen molar-refractivity contribution in [2.24, 2.45) is 0 Å². The summed E-state index contributed by atoms with van der Waals surface area (Å²) in [5.41, 5.74) is 9.57. The van der Waals surface area contributed by atoms with Gasteiger partial charge < -0.3 is 15.8 Å². The molecule has 3 rings (SSSR count). The zero-order chi connectivity index (χ0) is 14.8. The van der Waals surface area contributed by atoms with Crippen molar-refractivity contribution in [1.29, 1.82) is 0 Å². The van der Waals surface area contributed by atoms with Gasteiger partial charge in [0, 0.05) is 18.8 Å². The van der Waals surface area contributed by atoms with Crippen molar-refractivity contribution in [2.45, 2.75) is 19.3 Å². The highest BCUT2D eigenvalue weighted by molar-refractivity contribution is 5.97. The number of benzene rings is 2. The zero-order valence-electron chi connectivity index (χ0n) is 12.0. The Morgan fingerprint density at radius 2 is 1.95 bits per heavy atom. The molecule has 0 spiro atoms. The molecule has 0 aromatic heterocycles. The topological polar surface area (TPSA) is 64.4 Å². The molecule has 4 nitrogen and oxygen atoms in total. The highest BCUT2D eigenvalue weighted by atomic mass is 16.5. The van der Waals surface area contributed by atoms with Gasteiger partial charge in [-0.15, -0.1) is 0 Å². The summed E-state index contributed by atoms with van der Waals surface area (Å²) in [7, 11) is 1.60. The van der Waals surface area contributed by atoms with Crippen LogP contribution in [0.3, 0.4) is 0 Å². The highest BCUT2D eigenvalue weighted by Gasteiger charge is 2.15. The van der Waals surface area contributed by atoms with Crippen LogP contribution in [0.5, 0.6) is 11.5 Å². The molecule has 0 fully saturated rings. The number of rotatable bonds is 3. The molecule has 1 aliphatic rings. The maximum atomic E-state index is 11.9. The molecule has 0 bridgehead atoms. The van der Waals surface area contributed by atoms with Crippen LogP contribution in [0.1, 0.15) is 27.9 Å². The second kappa shape index (κ2) is 5.48. The third kappa shape index (κ3) is 2.70. The lowest BCUT2D eigenvalue weighted by Crippen LogP contribution is -2.18. The number of anilines is 1. The second-order valence-corrected chi connectivity index (χ2v) is 5.22. The van der Waals surface area contributed by atoms with Crippen molar-refractivity contribution in [1.82, 2.24) is 5.32 Å². The first kappa shape index (κ1) is 13.5. The largest absolute Gasteiger partial charge is 0.456 e. The average molecular weight is 282 g/mol. The summed E-state index contributed by atoms with van der Waals surface area (Å²) in [6.45, 7) is 0. The number of carbonyl (C=O) groups is 1. The smallest absolute Gasteiger partial charge is 0.254 e. The van der Waals surface area contributed by atoms with E-state index in [4.69, 9.17) is 10.5 Å². The fourth-order valence-electron chi connectivity index (χ4n) is 2.68. The quantitative estimate of drug-likeness (QED) is 0.851. The zero-order valence-corrected chi connectivity index (χ0v) is 12.0. The fraction of sp³-hybridized carbons (Fsp3) is 0.235. The van der Waals surface area contributed by atoms with Gasteiger partial charge in [0.25, 0.3) is 5.91 Å². The summed E-state index contributed by atoms with van der Waals surface area (Å²) < 4.78 is 5.90. The Bertz CT molecular complexity index is 695. The van der Waals surface area contributed by atoms with Gasteiger partial charge in [0.15, 0.2) is 0 Å². The molecule has 2 aromatic carbocycles. The summed E-state index contributed by atoms with van der Waals surface area (Å²) >= 11 is 0. The Kier molecular flexibility index (Phi) is 3.52. The van der Waals surface area contributed by atoms with Gasteiger partial charge in [-0.3, -0.25) is 4.79 Å².